The van der Waals surface area contributed by atoms with Gasteiger partial charge in [0, 0.05) is 32.1 Å². The van der Waals surface area contributed by atoms with Gasteiger partial charge in [0.25, 0.3) is 11.6 Å². The third kappa shape index (κ3) is 2.65. The summed E-state index contributed by atoms with van der Waals surface area (Å²) in [6.07, 6.45) is -4.46. The Kier molecular flexibility index (Phi) is 3.55. The van der Waals surface area contributed by atoms with Gasteiger partial charge in [0.2, 0.25) is 0 Å². The average molecular weight is 329 g/mol. The molecule has 1 fully saturated rings. The standard InChI is InChI=1S/C14H14F3N3O3/c1-8-10-6-9(7-18-11(10)23-19-8)12(21)20-4-2-13(22,3-5-20)14(15,16)17/h6-7,22H,2-5H2,1H3. The minimum absolute atomic E-state index is 0.171. The number of carbonyl (C=O) groups excluding carboxylic acids is 1. The van der Waals surface area contributed by atoms with E-state index in [9.17, 15) is 23.1 Å². The molecule has 0 saturated carbocycles. The van der Waals surface area contributed by atoms with Crippen LogP contribution in [0.1, 0.15) is 28.9 Å². The molecule has 1 saturated heterocycles. The second-order valence-corrected chi connectivity index (χ2v) is 5.67. The molecule has 0 unspecified atom stereocenters. The van der Waals surface area contributed by atoms with E-state index in [4.69, 9.17) is 4.52 Å². The van der Waals surface area contributed by atoms with Crippen molar-refractivity contribution in [1.82, 2.24) is 15.0 Å². The van der Waals surface area contributed by atoms with E-state index in [2.05, 4.69) is 10.1 Å². The summed E-state index contributed by atoms with van der Waals surface area (Å²) in [5.41, 5.74) is -1.60. The lowest BCUT2D eigenvalue weighted by atomic mass is 9.90. The number of aromatic nitrogens is 2. The predicted octanol–water partition coefficient (Wildman–Crippen LogP) is 2.06. The van der Waals surface area contributed by atoms with E-state index in [-0.39, 0.29) is 18.7 Å². The van der Waals surface area contributed by atoms with E-state index in [1.165, 1.54) is 11.1 Å². The molecule has 0 aromatic carbocycles. The van der Waals surface area contributed by atoms with Gasteiger partial charge in [-0.25, -0.2) is 4.98 Å². The van der Waals surface area contributed by atoms with Crippen LogP contribution in [0.5, 0.6) is 0 Å². The Hall–Kier alpha value is -2.16. The van der Waals surface area contributed by atoms with Crippen molar-refractivity contribution < 1.29 is 27.6 Å². The number of pyridine rings is 1. The fraction of sp³-hybridized carbons (Fsp3) is 0.500. The molecule has 2 aromatic rings. The van der Waals surface area contributed by atoms with Crippen molar-refractivity contribution in [2.24, 2.45) is 0 Å². The number of aliphatic hydroxyl groups is 1. The van der Waals surface area contributed by atoms with E-state index in [1.54, 1.807) is 13.0 Å². The van der Waals surface area contributed by atoms with Gasteiger partial charge in [0.1, 0.15) is 0 Å². The highest BCUT2D eigenvalue weighted by Crippen LogP contribution is 2.38. The fourth-order valence-corrected chi connectivity index (χ4v) is 2.61. The number of alkyl halides is 3. The Morgan fingerprint density at radius 2 is 2.04 bits per heavy atom. The summed E-state index contributed by atoms with van der Waals surface area (Å²) >= 11 is 0. The van der Waals surface area contributed by atoms with Crippen LogP contribution in [0.15, 0.2) is 16.8 Å². The van der Waals surface area contributed by atoms with Crippen molar-refractivity contribution in [1.29, 1.82) is 0 Å². The number of likely N-dealkylation sites (tertiary alicyclic amines) is 1. The maximum atomic E-state index is 12.8. The van der Waals surface area contributed by atoms with Gasteiger partial charge >= 0.3 is 6.18 Å². The molecule has 3 heterocycles. The molecule has 0 spiro atoms. The van der Waals surface area contributed by atoms with Crippen LogP contribution in [0.2, 0.25) is 0 Å². The van der Waals surface area contributed by atoms with Gasteiger partial charge in [-0.3, -0.25) is 4.79 Å². The van der Waals surface area contributed by atoms with Crippen LogP contribution in [0.3, 0.4) is 0 Å². The van der Waals surface area contributed by atoms with E-state index in [0.717, 1.165) is 0 Å². The van der Waals surface area contributed by atoms with Crippen LogP contribution < -0.4 is 0 Å². The molecule has 3 rings (SSSR count). The lowest BCUT2D eigenvalue weighted by molar-refractivity contribution is -0.271. The summed E-state index contributed by atoms with van der Waals surface area (Å²) in [5.74, 6) is -0.427. The summed E-state index contributed by atoms with van der Waals surface area (Å²) in [4.78, 5) is 17.7. The fourth-order valence-electron chi connectivity index (χ4n) is 2.61. The first-order chi connectivity index (χ1) is 10.7. The maximum Gasteiger partial charge on any atom is 0.417 e. The van der Waals surface area contributed by atoms with Crippen molar-refractivity contribution in [3.05, 3.63) is 23.5 Å². The minimum Gasteiger partial charge on any atom is -0.380 e. The maximum absolute atomic E-state index is 12.8. The van der Waals surface area contributed by atoms with Gasteiger partial charge in [-0.2, -0.15) is 13.2 Å². The van der Waals surface area contributed by atoms with Gasteiger partial charge in [0.15, 0.2) is 5.60 Å². The van der Waals surface area contributed by atoms with Gasteiger partial charge in [0.05, 0.1) is 16.6 Å². The van der Waals surface area contributed by atoms with Crippen molar-refractivity contribution in [2.45, 2.75) is 31.5 Å². The van der Waals surface area contributed by atoms with Crippen molar-refractivity contribution in [2.75, 3.05) is 13.1 Å². The van der Waals surface area contributed by atoms with Crippen LogP contribution in [-0.4, -0.2) is 50.9 Å². The number of hydrogen-bond donors (Lipinski definition) is 1. The topological polar surface area (TPSA) is 79.5 Å². The Labute approximate surface area is 128 Å². The highest BCUT2D eigenvalue weighted by molar-refractivity contribution is 5.97. The second kappa shape index (κ2) is 5.19. The zero-order valence-corrected chi connectivity index (χ0v) is 12.2. The molecule has 2 aromatic heterocycles. The summed E-state index contributed by atoms with van der Waals surface area (Å²) < 4.78 is 43.3. The van der Waals surface area contributed by atoms with E-state index in [0.29, 0.717) is 16.8 Å². The van der Waals surface area contributed by atoms with Crippen LogP contribution in [0.25, 0.3) is 11.1 Å². The van der Waals surface area contributed by atoms with E-state index < -0.39 is 30.5 Å². The molecule has 0 bridgehead atoms. The Morgan fingerprint density at radius 1 is 1.39 bits per heavy atom. The quantitative estimate of drug-likeness (QED) is 0.866. The van der Waals surface area contributed by atoms with Gasteiger partial charge in [-0.1, -0.05) is 5.16 Å². The average Bonchev–Trinajstić information content (AvgIpc) is 2.87. The molecule has 1 N–H and O–H groups in total. The SMILES string of the molecule is Cc1noc2ncc(C(=O)N3CCC(O)(C(F)(F)F)CC3)cc12. The monoisotopic (exact) mass is 329 g/mol. The van der Waals surface area contributed by atoms with Crippen LogP contribution >= 0.6 is 0 Å². The predicted molar refractivity (Wildman–Crippen MR) is 72.7 cm³/mol. The molecule has 9 heteroatoms. The summed E-state index contributed by atoms with van der Waals surface area (Å²) in [5, 5.41) is 13.9. The number of rotatable bonds is 1. The van der Waals surface area contributed by atoms with Crippen LogP contribution in [0, 0.1) is 6.92 Å². The highest BCUT2D eigenvalue weighted by Gasteiger charge is 2.54. The smallest absolute Gasteiger partial charge is 0.380 e. The molecule has 0 radical (unpaired) electrons. The minimum atomic E-state index is -4.69. The zero-order chi connectivity index (χ0) is 16.8. The lowest BCUT2D eigenvalue weighted by Crippen LogP contribution is -2.54. The lowest BCUT2D eigenvalue weighted by Gasteiger charge is -2.39. The molecule has 1 amide bonds. The normalized spacial score (nSPS) is 18.4. The number of hydrogen-bond acceptors (Lipinski definition) is 5. The van der Waals surface area contributed by atoms with Crippen LogP contribution in [0.4, 0.5) is 13.2 Å². The van der Waals surface area contributed by atoms with Crippen molar-refractivity contribution in [3.63, 3.8) is 0 Å². The number of amides is 1. The largest absolute Gasteiger partial charge is 0.417 e. The van der Waals surface area contributed by atoms with Crippen molar-refractivity contribution >= 4 is 17.0 Å². The van der Waals surface area contributed by atoms with Gasteiger partial charge in [-0.05, 0) is 13.0 Å². The third-order valence-electron chi connectivity index (χ3n) is 4.16. The Balaban J connectivity index is 1.77. The molecule has 0 atom stereocenters. The molecular formula is C14H14F3N3O3. The molecule has 1 aliphatic heterocycles. The third-order valence-corrected chi connectivity index (χ3v) is 4.16. The molecule has 0 aliphatic carbocycles. The van der Waals surface area contributed by atoms with E-state index in [1.807, 2.05) is 0 Å². The summed E-state index contributed by atoms with van der Waals surface area (Å²) in [7, 11) is 0. The molecular weight excluding hydrogens is 315 g/mol. The first-order valence-corrected chi connectivity index (χ1v) is 7.02. The number of halogens is 3. The molecule has 1 aliphatic rings. The van der Waals surface area contributed by atoms with Gasteiger partial charge < -0.3 is 14.5 Å². The Bertz CT molecular complexity index is 749. The number of carbonyl (C=O) groups is 1. The second-order valence-electron chi connectivity index (χ2n) is 5.67. The van der Waals surface area contributed by atoms with Gasteiger partial charge in [-0.15, -0.1) is 0 Å². The molecule has 6 nitrogen and oxygen atoms in total. The highest BCUT2D eigenvalue weighted by atomic mass is 19.4. The first kappa shape index (κ1) is 15.7. The Morgan fingerprint density at radius 3 is 2.65 bits per heavy atom. The van der Waals surface area contributed by atoms with E-state index >= 15 is 0 Å². The summed E-state index contributed by atoms with van der Waals surface area (Å²) in [6, 6.07) is 1.56. The first-order valence-electron chi connectivity index (χ1n) is 7.02. The number of piperidine rings is 1. The number of aryl methyl sites for hydroxylation is 1. The molecule has 124 valence electrons. The van der Waals surface area contributed by atoms with Crippen molar-refractivity contribution in [3.8, 4) is 0 Å². The number of nitrogens with zero attached hydrogens (tertiary/aromatic N) is 3. The zero-order valence-electron chi connectivity index (χ0n) is 12.2. The summed E-state index contributed by atoms with van der Waals surface area (Å²) in [6.45, 7) is 1.36. The molecule has 23 heavy (non-hydrogen) atoms. The number of fused-ring (bicyclic) bond motifs is 1. The van der Waals surface area contributed by atoms with Crippen LogP contribution in [-0.2, 0) is 0 Å².